The van der Waals surface area contributed by atoms with Crippen LogP contribution < -0.4 is 15.0 Å². The summed E-state index contributed by atoms with van der Waals surface area (Å²) in [6.07, 6.45) is 1.25. The molecule has 2 amide bonds. The van der Waals surface area contributed by atoms with E-state index in [4.69, 9.17) is 4.74 Å². The molecule has 1 atom stereocenters. The summed E-state index contributed by atoms with van der Waals surface area (Å²) in [5.74, 6) is -0.414. The highest BCUT2D eigenvalue weighted by Gasteiger charge is 2.36. The molecule has 2 aliphatic rings. The summed E-state index contributed by atoms with van der Waals surface area (Å²) in [7, 11) is -3.83. The van der Waals surface area contributed by atoms with Crippen molar-refractivity contribution < 1.29 is 22.7 Å². The summed E-state index contributed by atoms with van der Waals surface area (Å²) < 4.78 is 33.8. The molecule has 2 aromatic carbocycles. The third kappa shape index (κ3) is 4.22. The van der Waals surface area contributed by atoms with E-state index in [1.54, 1.807) is 17.9 Å². The van der Waals surface area contributed by atoms with E-state index < -0.39 is 15.9 Å². The lowest BCUT2D eigenvalue weighted by atomic mass is 9.97. The number of aryl methyl sites for hydroxylation is 1. The zero-order valence-electron chi connectivity index (χ0n) is 18.2. The first-order chi connectivity index (χ1) is 15.3. The zero-order valence-corrected chi connectivity index (χ0v) is 19.0. The summed E-state index contributed by atoms with van der Waals surface area (Å²) in [4.78, 5) is 26.7. The van der Waals surface area contributed by atoms with Gasteiger partial charge in [0.1, 0.15) is 5.75 Å². The molecule has 0 unspecified atom stereocenters. The first-order valence-electron chi connectivity index (χ1n) is 10.7. The second-order valence-corrected chi connectivity index (χ2v) is 9.98. The van der Waals surface area contributed by atoms with E-state index in [0.717, 1.165) is 5.69 Å². The summed E-state index contributed by atoms with van der Waals surface area (Å²) in [5.41, 5.74) is 1.79. The average Bonchev–Trinajstić information content (AvgIpc) is 2.79. The third-order valence-electron chi connectivity index (χ3n) is 5.91. The number of rotatable bonds is 5. The van der Waals surface area contributed by atoms with Gasteiger partial charge in [0.25, 0.3) is 5.91 Å². The monoisotopic (exact) mass is 457 g/mol. The Bertz CT molecular complexity index is 1130. The van der Waals surface area contributed by atoms with E-state index in [-0.39, 0.29) is 29.9 Å². The van der Waals surface area contributed by atoms with Crippen LogP contribution in [0.1, 0.15) is 25.3 Å². The van der Waals surface area contributed by atoms with Crippen molar-refractivity contribution in [1.82, 2.24) is 4.31 Å². The van der Waals surface area contributed by atoms with Gasteiger partial charge in [-0.2, -0.15) is 4.31 Å². The van der Waals surface area contributed by atoms with Crippen LogP contribution in [0.2, 0.25) is 0 Å². The van der Waals surface area contributed by atoms with E-state index >= 15 is 0 Å². The molecular formula is C23H27N3O5S. The molecule has 9 heteroatoms. The van der Waals surface area contributed by atoms with Crippen LogP contribution in [0.25, 0.3) is 0 Å². The molecule has 8 nitrogen and oxygen atoms in total. The lowest BCUT2D eigenvalue weighted by molar-refractivity contribution is -0.123. The Morgan fingerprint density at radius 2 is 2.00 bits per heavy atom. The van der Waals surface area contributed by atoms with E-state index in [9.17, 15) is 18.0 Å². The number of hydrogen-bond acceptors (Lipinski definition) is 5. The van der Waals surface area contributed by atoms with Gasteiger partial charge in [-0.15, -0.1) is 0 Å². The minimum absolute atomic E-state index is 0.0631. The van der Waals surface area contributed by atoms with Gasteiger partial charge in [0.2, 0.25) is 15.9 Å². The Labute approximate surface area is 188 Å². The lowest BCUT2D eigenvalue weighted by Crippen LogP contribution is -2.47. The SMILES string of the molecule is CCN(C(=O)[C@H]1CCCN(S(=O)(=O)c2cc3c(cc2C)NC(=O)CO3)C1)c1ccccc1. The highest BCUT2D eigenvalue weighted by atomic mass is 32.2. The topological polar surface area (TPSA) is 96.0 Å². The highest BCUT2D eigenvalue weighted by molar-refractivity contribution is 7.89. The summed E-state index contributed by atoms with van der Waals surface area (Å²) >= 11 is 0. The molecule has 1 saturated heterocycles. The minimum atomic E-state index is -3.83. The Morgan fingerprint density at radius 3 is 2.72 bits per heavy atom. The second-order valence-electron chi connectivity index (χ2n) is 8.07. The largest absolute Gasteiger partial charge is 0.482 e. The Kier molecular flexibility index (Phi) is 6.21. The van der Waals surface area contributed by atoms with Gasteiger partial charge < -0.3 is 15.0 Å². The summed E-state index contributed by atoms with van der Waals surface area (Å²) in [6, 6.07) is 12.5. The fraction of sp³-hybridized carbons (Fsp3) is 0.391. The summed E-state index contributed by atoms with van der Waals surface area (Å²) in [6.45, 7) is 4.46. The van der Waals surface area contributed by atoms with Gasteiger partial charge in [0.05, 0.1) is 16.5 Å². The van der Waals surface area contributed by atoms with Crippen molar-refractivity contribution in [2.75, 3.05) is 36.5 Å². The molecule has 0 bridgehead atoms. The maximum Gasteiger partial charge on any atom is 0.262 e. The molecule has 0 aromatic heterocycles. The predicted molar refractivity (Wildman–Crippen MR) is 121 cm³/mol. The van der Waals surface area contributed by atoms with Crippen molar-refractivity contribution in [1.29, 1.82) is 0 Å². The molecule has 0 aliphatic carbocycles. The van der Waals surface area contributed by atoms with Gasteiger partial charge in [0, 0.05) is 31.4 Å². The minimum Gasteiger partial charge on any atom is -0.482 e. The maximum atomic E-state index is 13.5. The van der Waals surface area contributed by atoms with E-state index in [2.05, 4.69) is 5.32 Å². The summed E-state index contributed by atoms with van der Waals surface area (Å²) in [5, 5.41) is 2.69. The number of sulfonamides is 1. The van der Waals surface area contributed by atoms with Gasteiger partial charge in [-0.25, -0.2) is 8.42 Å². The molecule has 0 saturated carbocycles. The fourth-order valence-corrected chi connectivity index (χ4v) is 6.03. The van der Waals surface area contributed by atoms with Gasteiger partial charge in [-0.05, 0) is 50.5 Å². The van der Waals surface area contributed by atoms with Crippen molar-refractivity contribution in [3.8, 4) is 5.75 Å². The Hall–Kier alpha value is -2.91. The van der Waals surface area contributed by atoms with Gasteiger partial charge >= 0.3 is 0 Å². The Balaban J connectivity index is 1.58. The van der Waals surface area contributed by atoms with Crippen molar-refractivity contribution >= 4 is 33.2 Å². The second kappa shape index (κ2) is 8.91. The molecule has 170 valence electrons. The van der Waals surface area contributed by atoms with Crippen LogP contribution >= 0.6 is 0 Å². The number of piperidine rings is 1. The van der Waals surface area contributed by atoms with Crippen molar-refractivity contribution in [2.45, 2.75) is 31.6 Å². The first-order valence-corrected chi connectivity index (χ1v) is 12.2. The fourth-order valence-electron chi connectivity index (χ4n) is 4.29. The Morgan fingerprint density at radius 1 is 1.25 bits per heavy atom. The third-order valence-corrected chi connectivity index (χ3v) is 7.92. The zero-order chi connectivity index (χ0) is 22.9. The van der Waals surface area contributed by atoms with Crippen LogP contribution in [-0.2, 0) is 19.6 Å². The number of benzene rings is 2. The number of nitrogens with zero attached hydrogens (tertiary/aromatic N) is 2. The maximum absolute atomic E-state index is 13.5. The van der Waals surface area contributed by atoms with Crippen LogP contribution in [0.15, 0.2) is 47.4 Å². The predicted octanol–water partition coefficient (Wildman–Crippen LogP) is 2.78. The molecule has 2 aromatic rings. The number of anilines is 2. The average molecular weight is 458 g/mol. The normalized spacial score (nSPS) is 18.9. The highest BCUT2D eigenvalue weighted by Crippen LogP contribution is 2.35. The number of nitrogens with one attached hydrogen (secondary N) is 1. The van der Waals surface area contributed by atoms with Gasteiger partial charge in [-0.1, -0.05) is 18.2 Å². The number of hydrogen-bond donors (Lipinski definition) is 1. The number of para-hydroxylation sites is 1. The quantitative estimate of drug-likeness (QED) is 0.745. The number of amides is 2. The van der Waals surface area contributed by atoms with E-state index in [1.165, 1.54) is 10.4 Å². The van der Waals surface area contributed by atoms with Crippen LogP contribution in [0.5, 0.6) is 5.75 Å². The number of ether oxygens (including phenoxy) is 1. The van der Waals surface area contributed by atoms with Crippen molar-refractivity contribution in [2.24, 2.45) is 5.92 Å². The molecule has 2 aliphatic heterocycles. The lowest BCUT2D eigenvalue weighted by Gasteiger charge is -2.34. The molecule has 1 fully saturated rings. The van der Waals surface area contributed by atoms with Crippen molar-refractivity contribution in [3.63, 3.8) is 0 Å². The van der Waals surface area contributed by atoms with Crippen LogP contribution in [-0.4, -0.2) is 50.8 Å². The van der Waals surface area contributed by atoms with Crippen LogP contribution in [0.3, 0.4) is 0 Å². The molecule has 2 heterocycles. The standard InChI is InChI=1S/C23H27N3O5S/c1-3-26(18-9-5-4-6-10-18)23(28)17-8-7-11-25(14-17)32(29,30)21-13-20-19(12-16(21)2)24-22(27)15-31-20/h4-6,9-10,12-13,17H,3,7-8,11,14-15H2,1-2H3,(H,24,27)/t17-/m0/s1. The molecular weight excluding hydrogens is 430 g/mol. The van der Waals surface area contributed by atoms with Crippen LogP contribution in [0, 0.1) is 12.8 Å². The van der Waals surface area contributed by atoms with E-state index in [0.29, 0.717) is 42.9 Å². The van der Waals surface area contributed by atoms with E-state index in [1.807, 2.05) is 37.3 Å². The smallest absolute Gasteiger partial charge is 0.262 e. The molecule has 0 radical (unpaired) electrons. The molecule has 4 rings (SSSR count). The molecule has 0 spiro atoms. The first kappa shape index (κ1) is 22.3. The van der Waals surface area contributed by atoms with Crippen LogP contribution in [0.4, 0.5) is 11.4 Å². The number of carbonyl (C=O) groups is 2. The molecule has 1 N–H and O–H groups in total. The number of carbonyl (C=O) groups excluding carboxylic acids is 2. The van der Waals surface area contributed by atoms with Crippen molar-refractivity contribution in [3.05, 3.63) is 48.0 Å². The van der Waals surface area contributed by atoms with Gasteiger partial charge in [0.15, 0.2) is 6.61 Å². The molecule has 32 heavy (non-hydrogen) atoms. The van der Waals surface area contributed by atoms with Gasteiger partial charge in [-0.3, -0.25) is 9.59 Å². The number of fused-ring (bicyclic) bond motifs is 1.